The highest BCUT2D eigenvalue weighted by Crippen LogP contribution is 2.21. The molecule has 0 rings (SSSR count). The first-order valence-corrected chi connectivity index (χ1v) is 3.00. The predicted molar refractivity (Wildman–Crippen MR) is 43.8 cm³/mol. The molecule has 0 saturated carbocycles. The lowest BCUT2D eigenvalue weighted by molar-refractivity contribution is -0.107. The molecule has 0 radical (unpaired) electrons. The van der Waals surface area contributed by atoms with Crippen LogP contribution in [0.25, 0.3) is 0 Å². The van der Waals surface area contributed by atoms with Crippen molar-refractivity contribution < 1.29 is 19.9 Å². The summed E-state index contributed by atoms with van der Waals surface area (Å²) in [6, 6.07) is 0. The zero-order chi connectivity index (χ0) is 8.78. The first kappa shape index (κ1) is 17.5. The number of carbonyl (C=O) groups excluding carboxylic acids is 1. The normalized spacial score (nSPS) is 8.55. The van der Waals surface area contributed by atoms with Crippen LogP contribution in [0.3, 0.4) is 0 Å². The van der Waals surface area contributed by atoms with Crippen LogP contribution in [0.1, 0.15) is 0 Å². The molecule has 0 aliphatic heterocycles. The summed E-state index contributed by atoms with van der Waals surface area (Å²) in [6.45, 7) is 0. The Morgan fingerprint density at radius 2 is 1.27 bits per heavy atom. The molecule has 68 valence electrons. The predicted octanol–water partition coefficient (Wildman–Crippen LogP) is -0.334. The first-order chi connectivity index (χ1) is 4.29. The van der Waals surface area contributed by atoms with Gasteiger partial charge in [0, 0.05) is 0 Å². The van der Waals surface area contributed by atoms with Crippen molar-refractivity contribution in [1.29, 1.82) is 0 Å². The van der Waals surface area contributed by atoms with E-state index in [0.29, 0.717) is 0 Å². The zero-order valence-electron chi connectivity index (χ0n) is 5.25. The zero-order valence-corrected chi connectivity index (χ0v) is 7.51. The molecule has 6 N–H and O–H groups in total. The molecule has 0 fully saturated rings. The average Bonchev–Trinajstić information content (AvgIpc) is 1.63. The van der Waals surface area contributed by atoms with E-state index < -0.39 is 11.1 Å². The van der Waals surface area contributed by atoms with Crippen LogP contribution in [0.4, 0.5) is 0 Å². The van der Waals surface area contributed by atoms with Crippen molar-refractivity contribution in [2.45, 2.75) is 3.79 Å². The number of hydrogen-bond donors (Lipinski definition) is 4. The molecule has 5 nitrogen and oxygen atoms in total. The van der Waals surface area contributed by atoms with Gasteiger partial charge in [-0.3, -0.25) is 4.79 Å². The molecular formula is C2H7BCl3NO4. The minimum Gasteiger partial charge on any atom is -0.402 e. The number of carbonyl (C=O) groups is 1. The average molecular weight is 226 g/mol. The molecule has 0 aromatic heterocycles. The van der Waals surface area contributed by atoms with E-state index in [9.17, 15) is 4.79 Å². The fourth-order valence-electron chi connectivity index (χ4n) is 0. The number of halogens is 3. The molecular weight excluding hydrogens is 219 g/mol. The summed E-state index contributed by atoms with van der Waals surface area (Å²) in [5.41, 5.74) is 0. The lowest BCUT2D eigenvalue weighted by Crippen LogP contribution is -2.07. The van der Waals surface area contributed by atoms with E-state index in [4.69, 9.17) is 49.9 Å². The maximum absolute atomic E-state index is 9.43. The fourth-order valence-corrected chi connectivity index (χ4v) is 0. The molecule has 0 bridgehead atoms. The summed E-state index contributed by atoms with van der Waals surface area (Å²) < 4.78 is -1.72. The lowest BCUT2D eigenvalue weighted by atomic mass is 10.3. The van der Waals surface area contributed by atoms with Gasteiger partial charge >= 0.3 is 7.32 Å². The Morgan fingerprint density at radius 3 is 1.27 bits per heavy atom. The summed E-state index contributed by atoms with van der Waals surface area (Å²) in [5, 5.41) is 21.5. The van der Waals surface area contributed by atoms with Crippen LogP contribution in [0.5, 0.6) is 0 Å². The van der Waals surface area contributed by atoms with Gasteiger partial charge in [0.2, 0.25) is 3.79 Å². The van der Waals surface area contributed by atoms with Gasteiger partial charge in [0.1, 0.15) is 0 Å². The minimum absolute atomic E-state index is 0. The van der Waals surface area contributed by atoms with Crippen LogP contribution < -0.4 is 6.15 Å². The van der Waals surface area contributed by atoms with E-state index in [2.05, 4.69) is 0 Å². The maximum atomic E-state index is 9.43. The quantitative estimate of drug-likeness (QED) is 0.256. The number of alkyl halides is 3. The van der Waals surface area contributed by atoms with Crippen molar-refractivity contribution in [3.8, 4) is 0 Å². The Labute approximate surface area is 78.6 Å². The molecule has 0 saturated heterocycles. The molecule has 0 aliphatic rings. The number of hydrogen-bond acceptors (Lipinski definition) is 5. The highest BCUT2D eigenvalue weighted by Gasteiger charge is 2.16. The highest BCUT2D eigenvalue weighted by atomic mass is 35.6. The van der Waals surface area contributed by atoms with Crippen molar-refractivity contribution >= 4 is 48.4 Å². The summed E-state index contributed by atoms with van der Waals surface area (Å²) in [7, 11) is -2.17. The molecule has 0 aliphatic carbocycles. The highest BCUT2D eigenvalue weighted by molar-refractivity contribution is 6.74. The van der Waals surface area contributed by atoms with Crippen LogP contribution in [-0.4, -0.2) is 32.5 Å². The van der Waals surface area contributed by atoms with Crippen LogP contribution in [0, 0.1) is 0 Å². The van der Waals surface area contributed by atoms with E-state index in [1.807, 2.05) is 0 Å². The molecule has 0 heterocycles. The van der Waals surface area contributed by atoms with Gasteiger partial charge in [-0.15, -0.1) is 0 Å². The second-order valence-corrected chi connectivity index (χ2v) is 3.37. The van der Waals surface area contributed by atoms with E-state index in [0.717, 1.165) is 0 Å². The minimum atomic E-state index is -2.17. The maximum Gasteiger partial charge on any atom is 0.631 e. The monoisotopic (exact) mass is 225 g/mol. The Balaban J connectivity index is -0.000000114. The SMILES string of the molecule is N.O=CC(Cl)(Cl)Cl.OB(O)O. The molecule has 0 atom stereocenters. The van der Waals surface area contributed by atoms with Crippen molar-refractivity contribution in [3.05, 3.63) is 0 Å². The lowest BCUT2D eigenvalue weighted by Gasteiger charge is -1.93. The summed E-state index contributed by atoms with van der Waals surface area (Å²) in [6.07, 6.45) is 0.234. The number of rotatable bonds is 0. The van der Waals surface area contributed by atoms with Crippen molar-refractivity contribution in [2.24, 2.45) is 0 Å². The topological polar surface area (TPSA) is 113 Å². The summed E-state index contributed by atoms with van der Waals surface area (Å²) in [5.74, 6) is 0. The standard InChI is InChI=1S/C2HCl3O.BH3O3.H3N/c3-2(4,5)1-6;2-1(3)4;/h1H;2-4H;1H3. The van der Waals surface area contributed by atoms with Crippen molar-refractivity contribution in [2.75, 3.05) is 0 Å². The summed E-state index contributed by atoms with van der Waals surface area (Å²) in [4.78, 5) is 9.43. The molecule has 0 aromatic carbocycles. The molecule has 0 unspecified atom stereocenters. The second kappa shape index (κ2) is 8.54. The van der Waals surface area contributed by atoms with Crippen LogP contribution >= 0.6 is 34.8 Å². The molecule has 0 aromatic rings. The van der Waals surface area contributed by atoms with Gasteiger partial charge < -0.3 is 21.2 Å². The molecule has 0 amide bonds. The molecule has 9 heteroatoms. The van der Waals surface area contributed by atoms with Crippen LogP contribution in [-0.2, 0) is 4.79 Å². The number of aldehydes is 1. The van der Waals surface area contributed by atoms with E-state index in [1.165, 1.54) is 0 Å². The Kier molecular flexibility index (Phi) is 13.6. The second-order valence-electron chi connectivity index (χ2n) is 1.01. The van der Waals surface area contributed by atoms with Crippen LogP contribution in [0.15, 0.2) is 0 Å². The van der Waals surface area contributed by atoms with Gasteiger partial charge in [-0.05, 0) is 0 Å². The van der Waals surface area contributed by atoms with Crippen LogP contribution in [0.2, 0.25) is 0 Å². The van der Waals surface area contributed by atoms with Gasteiger partial charge in [-0.1, -0.05) is 34.8 Å². The largest absolute Gasteiger partial charge is 0.631 e. The van der Waals surface area contributed by atoms with E-state index in [1.54, 1.807) is 0 Å². The van der Waals surface area contributed by atoms with Gasteiger partial charge in [0.25, 0.3) is 0 Å². The van der Waals surface area contributed by atoms with E-state index in [-0.39, 0.29) is 12.4 Å². The van der Waals surface area contributed by atoms with Gasteiger partial charge in [-0.2, -0.15) is 0 Å². The fraction of sp³-hybridized carbons (Fsp3) is 0.500. The van der Waals surface area contributed by atoms with Crippen molar-refractivity contribution in [1.82, 2.24) is 6.15 Å². The third-order valence-electron chi connectivity index (χ3n) is 0.134. The third-order valence-corrected chi connectivity index (χ3v) is 0.401. The molecule has 11 heavy (non-hydrogen) atoms. The third kappa shape index (κ3) is 62.8. The molecule has 0 spiro atoms. The van der Waals surface area contributed by atoms with Gasteiger partial charge in [0.15, 0.2) is 6.29 Å². The Hall–Kier alpha value is 0.445. The van der Waals surface area contributed by atoms with Crippen molar-refractivity contribution in [3.63, 3.8) is 0 Å². The Bertz CT molecular complexity index is 93.1. The van der Waals surface area contributed by atoms with Gasteiger partial charge in [-0.25, -0.2) is 0 Å². The Morgan fingerprint density at radius 1 is 1.18 bits per heavy atom. The first-order valence-electron chi connectivity index (χ1n) is 1.87. The van der Waals surface area contributed by atoms with Gasteiger partial charge in [0.05, 0.1) is 0 Å². The smallest absolute Gasteiger partial charge is 0.402 e. The summed E-state index contributed by atoms with van der Waals surface area (Å²) >= 11 is 14.6. The van der Waals surface area contributed by atoms with E-state index >= 15 is 0 Å².